The van der Waals surface area contributed by atoms with E-state index in [0.717, 1.165) is 6.07 Å². The van der Waals surface area contributed by atoms with Gasteiger partial charge in [-0.3, -0.25) is 44.1 Å². The number of carbonyl (C=O) groups excluding carboxylic acids is 3. The van der Waals surface area contributed by atoms with Crippen LogP contribution in [0.3, 0.4) is 0 Å². The van der Waals surface area contributed by atoms with Crippen molar-refractivity contribution in [2.45, 2.75) is 87.8 Å². The second-order valence-corrected chi connectivity index (χ2v) is 37.5. The fraction of sp³-hybridized carbons (Fsp3) is 0.391. The minimum atomic E-state index is -3.61. The summed E-state index contributed by atoms with van der Waals surface area (Å²) < 4.78 is 119. The highest BCUT2D eigenvalue weighted by molar-refractivity contribution is 9.10. The minimum Gasteiger partial charge on any atom is -0.480 e. The predicted octanol–water partition coefficient (Wildman–Crippen LogP) is 7.87. The summed E-state index contributed by atoms with van der Waals surface area (Å²) in [4.78, 5) is 108. The number of sulfone groups is 3. The number of hydrogen-bond acceptors (Lipinski definition) is 30. The maximum absolute atomic E-state index is 13.9. The van der Waals surface area contributed by atoms with Crippen LogP contribution in [0.2, 0.25) is 15.1 Å². The second kappa shape index (κ2) is 36.0. The first-order chi connectivity index (χ1) is 52.5. The number of halogens is 6. The Morgan fingerprint density at radius 1 is 0.559 bits per heavy atom. The molecule has 42 heteroatoms. The molecule has 6 N–H and O–H groups in total. The van der Waals surface area contributed by atoms with E-state index in [0.29, 0.717) is 70.1 Å². The third kappa shape index (κ3) is 19.4. The van der Waals surface area contributed by atoms with Crippen molar-refractivity contribution >= 4 is 168 Å². The van der Waals surface area contributed by atoms with Crippen molar-refractivity contribution in [2.24, 2.45) is 15.0 Å². The largest absolute Gasteiger partial charge is 0.480 e. The molecular weight excluding hydrogens is 1700 g/mol. The third-order valence-electron chi connectivity index (χ3n) is 18.6. The molecule has 111 heavy (non-hydrogen) atoms. The number of amidine groups is 3. The van der Waals surface area contributed by atoms with Gasteiger partial charge in [0.25, 0.3) is 0 Å². The number of hydrogen-bond donors (Lipinski definition) is 6. The molecule has 3 aromatic carbocycles. The molecule has 3 saturated heterocycles. The van der Waals surface area contributed by atoms with Gasteiger partial charge in [-0.1, -0.05) is 68.9 Å². The maximum atomic E-state index is 13.9. The number of rotatable bonds is 21. The average molecular weight is 1770 g/mol. The average Bonchev–Trinajstić information content (AvgIpc) is 1.02. The monoisotopic (exact) mass is 1770 g/mol. The fourth-order valence-corrected chi connectivity index (χ4v) is 21.0. The van der Waals surface area contributed by atoms with Crippen molar-refractivity contribution < 1.29 is 92.3 Å². The number of thiazole rings is 3. The third-order valence-corrected chi connectivity index (χ3v) is 28.6. The number of carboxylic acid groups (broad SMARTS) is 3. The fourth-order valence-electron chi connectivity index (χ4n) is 13.0. The topological polar surface area (TPSA) is 415 Å². The highest BCUT2D eigenvalue weighted by Gasteiger charge is 2.50. The van der Waals surface area contributed by atoms with E-state index >= 15 is 0 Å². The smallest absolute Gasteiger partial charge is 0.338 e. The first kappa shape index (κ1) is 85.4. The van der Waals surface area contributed by atoms with Gasteiger partial charge in [0, 0.05) is 122 Å². The van der Waals surface area contributed by atoms with E-state index in [9.17, 15) is 78.1 Å². The minimum absolute atomic E-state index is 0.0383. The standard InChI is InChI=1S/C23H24BrFN4O6S2.C23H24Cl2N4O6S2.C23H24ClFN4O6S2/c1-3-35-23(32)17-16(11-29-7-9-37(33,34)12(2)19(29)22(30)31)27-20(21-26-6-8-36-21)28-18(17)14-5-4-13(25)10-15(14)24;1-3-35-21(30)17-16(11-29-7-9-37(33,34)12-23(29,2)22(31)32)27-19(20-26-6-8-36-20)28-18(17)14-5-4-13(24)10-15(14)25;1-3-35-23(32)17-16(11-29-7-9-37(33,34)12(2)19(29)22(30)31)27-20(21-26-6-8-36-21)28-18(17)14-5-4-13(25)10-15(14)24/h4-6,8,10,12,18-19H,3,7,9,11H2,1-2H3,(H,27,28)(H,30,31);4-6,8,10,18H,3,7,9,11-12H2,1-2H3,(H,27,28)(H,31,32);4-6,8,10,12,18-19H,3,7,9,11H2,1-2H3,(H,27,28)(H,30,31). The summed E-state index contributed by atoms with van der Waals surface area (Å²) in [6, 6.07) is 7.04. The molecule has 6 aliphatic heterocycles. The molecule has 3 aromatic heterocycles. The van der Waals surface area contributed by atoms with Crippen molar-refractivity contribution in [3.05, 3.63) is 186 Å². The lowest BCUT2D eigenvalue weighted by atomic mass is 9.94. The summed E-state index contributed by atoms with van der Waals surface area (Å²) in [6.07, 6.45) is 4.77. The van der Waals surface area contributed by atoms with Gasteiger partial charge in [0.15, 0.2) is 62.0 Å². The molecule has 0 radical (unpaired) electrons. The Kier molecular flexibility index (Phi) is 27.7. The number of benzene rings is 3. The Balaban J connectivity index is 0.000000177. The van der Waals surface area contributed by atoms with Crippen LogP contribution >= 0.6 is 84.7 Å². The van der Waals surface area contributed by atoms with E-state index < -0.39 is 129 Å². The molecule has 6 aromatic rings. The van der Waals surface area contributed by atoms with Gasteiger partial charge < -0.3 is 45.5 Å². The van der Waals surface area contributed by atoms with Gasteiger partial charge in [-0.15, -0.1) is 34.0 Å². The van der Waals surface area contributed by atoms with E-state index in [4.69, 9.17) is 59.0 Å². The van der Waals surface area contributed by atoms with Gasteiger partial charge in [-0.05, 0) is 83.5 Å². The summed E-state index contributed by atoms with van der Waals surface area (Å²) in [5, 5.41) is 44.3. The molecule has 0 bridgehead atoms. The Hall–Kier alpha value is -8.06. The van der Waals surface area contributed by atoms with Crippen LogP contribution in [0.15, 0.2) is 143 Å². The number of nitrogens with zero attached hydrogens (tertiary/aromatic N) is 9. The molecular formula is C69H72BrCl3F2N12O18S6. The molecule has 9 heterocycles. The molecule has 30 nitrogen and oxygen atoms in total. The molecule has 8 unspecified atom stereocenters. The molecule has 8 atom stereocenters. The number of ether oxygens (including phenoxy) is 3. The predicted molar refractivity (Wildman–Crippen MR) is 415 cm³/mol. The number of nitrogens with one attached hydrogen (secondary N) is 3. The van der Waals surface area contributed by atoms with Gasteiger partial charge in [-0.2, -0.15) is 0 Å². The zero-order valence-electron chi connectivity index (χ0n) is 59.6. The lowest BCUT2D eigenvalue weighted by Crippen LogP contribution is -2.62. The number of esters is 3. The van der Waals surface area contributed by atoms with E-state index in [1.165, 1.54) is 99.8 Å². The van der Waals surface area contributed by atoms with E-state index in [1.54, 1.807) is 73.7 Å². The van der Waals surface area contributed by atoms with Crippen molar-refractivity contribution in [3.63, 3.8) is 0 Å². The molecule has 0 saturated carbocycles. The van der Waals surface area contributed by atoms with E-state index in [2.05, 4.69) is 51.8 Å². The van der Waals surface area contributed by atoms with E-state index in [-0.39, 0.29) is 109 Å². The zero-order chi connectivity index (χ0) is 80.8. The highest BCUT2D eigenvalue weighted by Crippen LogP contribution is 2.42. The molecule has 0 spiro atoms. The number of carboxylic acids is 3. The van der Waals surface area contributed by atoms with Crippen molar-refractivity contribution in [3.8, 4) is 0 Å². The quantitative estimate of drug-likeness (QED) is 0.0295. The van der Waals surface area contributed by atoms with Crippen molar-refractivity contribution in [1.29, 1.82) is 0 Å². The molecule has 3 fully saturated rings. The SMILES string of the molecule is CCOC(=O)C1=C(CN2CCS(=O)(=O)C(C)C2C(=O)O)NC(c2nccs2)=NC1c1ccc(F)cc1Br.CCOC(=O)C1=C(CN2CCS(=O)(=O)C(C)C2C(=O)O)NC(c2nccs2)=NC1c1ccc(F)cc1Cl.CCOC(=O)C1=C(CN2CCS(=O)(=O)CC2(C)C(=O)O)NC(c2nccs2)=NC1c1ccc(Cl)cc1Cl. The normalized spacial score (nSPS) is 23.8. The van der Waals surface area contributed by atoms with Crippen LogP contribution < -0.4 is 16.0 Å². The Bertz CT molecular complexity index is 4950. The Morgan fingerprint density at radius 2 is 0.937 bits per heavy atom. The maximum Gasteiger partial charge on any atom is 0.338 e. The van der Waals surface area contributed by atoms with Crippen molar-refractivity contribution in [1.82, 2.24) is 45.6 Å². The second-order valence-electron chi connectivity index (χ2n) is 25.6. The molecule has 0 amide bonds. The summed E-state index contributed by atoms with van der Waals surface area (Å²) in [7, 11) is -10.8. The van der Waals surface area contributed by atoms with Crippen LogP contribution in [0.4, 0.5) is 8.78 Å². The summed E-state index contributed by atoms with van der Waals surface area (Å²) in [5.41, 5.74) is 0.790. The van der Waals surface area contributed by atoms with Crippen LogP contribution in [0.1, 0.15) is 91.4 Å². The van der Waals surface area contributed by atoms with Crippen LogP contribution in [-0.2, 0) is 72.5 Å². The Morgan fingerprint density at radius 3 is 1.30 bits per heavy atom. The first-order valence-corrected chi connectivity index (χ1v) is 43.7. The highest BCUT2D eigenvalue weighted by atomic mass is 79.9. The number of aliphatic imine (C=N–C) groups is 3. The molecule has 0 aliphatic carbocycles. The molecule has 594 valence electrons. The summed E-state index contributed by atoms with van der Waals surface area (Å²) in [5.74, 6) is -7.21. The van der Waals surface area contributed by atoms with Crippen LogP contribution in [0.25, 0.3) is 0 Å². The van der Waals surface area contributed by atoms with Crippen molar-refractivity contribution in [2.75, 3.05) is 82.1 Å². The lowest BCUT2D eigenvalue weighted by Gasteiger charge is -2.42. The Labute approximate surface area is 671 Å². The van der Waals surface area contributed by atoms with Gasteiger partial charge in [0.2, 0.25) is 0 Å². The number of aliphatic carboxylic acids is 3. The number of aromatic nitrogens is 3. The van der Waals surface area contributed by atoms with Gasteiger partial charge >= 0.3 is 35.8 Å². The summed E-state index contributed by atoms with van der Waals surface area (Å²) >= 11 is 26.3. The first-order valence-electron chi connectivity index (χ1n) is 33.9. The zero-order valence-corrected chi connectivity index (χ0v) is 68.4. The van der Waals surface area contributed by atoms with Gasteiger partial charge in [0.05, 0.1) is 70.1 Å². The summed E-state index contributed by atoms with van der Waals surface area (Å²) in [6.45, 7) is 8.83. The van der Waals surface area contributed by atoms with E-state index in [1.807, 2.05) is 0 Å². The lowest BCUT2D eigenvalue weighted by molar-refractivity contribution is -0.149. The molecule has 6 aliphatic rings. The van der Waals surface area contributed by atoms with Crippen LogP contribution in [-0.4, -0.2) is 234 Å². The van der Waals surface area contributed by atoms with Gasteiger partial charge in [-0.25, -0.2) is 63.4 Å². The van der Waals surface area contributed by atoms with Crippen LogP contribution in [0.5, 0.6) is 0 Å². The van der Waals surface area contributed by atoms with Crippen LogP contribution in [0, 0.1) is 11.6 Å². The molecule has 12 rings (SSSR count). The number of carbonyl (C=O) groups is 6. The van der Waals surface area contributed by atoms with Gasteiger partial charge in [0.1, 0.15) is 47.4 Å².